The van der Waals surface area contributed by atoms with Crippen molar-refractivity contribution in [3.05, 3.63) is 33.8 Å². The first kappa shape index (κ1) is 14.8. The quantitative estimate of drug-likeness (QED) is 0.672. The number of unbranched alkanes of at least 4 members (excludes halogenated alkanes) is 3. The maximum absolute atomic E-state index is 6.18. The van der Waals surface area contributed by atoms with Crippen molar-refractivity contribution in [1.82, 2.24) is 5.32 Å². The number of halogens is 2. The molecular formula is C14H21Cl2N. The Morgan fingerprint density at radius 3 is 2.65 bits per heavy atom. The predicted octanol–water partition coefficient (Wildman–Crippen LogP) is 5.22. The van der Waals surface area contributed by atoms with Crippen LogP contribution in [0.3, 0.4) is 0 Å². The molecule has 1 nitrogen and oxygen atoms in total. The zero-order valence-corrected chi connectivity index (χ0v) is 12.1. The molecule has 96 valence electrons. The molecule has 0 spiro atoms. The van der Waals surface area contributed by atoms with E-state index in [1.54, 1.807) is 0 Å². The van der Waals surface area contributed by atoms with Crippen molar-refractivity contribution in [3.8, 4) is 0 Å². The highest BCUT2D eigenvalue weighted by atomic mass is 35.5. The van der Waals surface area contributed by atoms with Gasteiger partial charge >= 0.3 is 0 Å². The van der Waals surface area contributed by atoms with Crippen LogP contribution in [0.5, 0.6) is 0 Å². The van der Waals surface area contributed by atoms with Crippen LogP contribution in [0, 0.1) is 0 Å². The lowest BCUT2D eigenvalue weighted by atomic mass is 10.1. The van der Waals surface area contributed by atoms with Gasteiger partial charge in [-0.1, -0.05) is 61.5 Å². The van der Waals surface area contributed by atoms with Crippen LogP contribution in [0.2, 0.25) is 10.0 Å². The number of hydrogen-bond donors (Lipinski definition) is 1. The first-order valence-corrected chi connectivity index (χ1v) is 7.09. The first-order chi connectivity index (χ1) is 8.16. The summed E-state index contributed by atoms with van der Waals surface area (Å²) in [6, 6.07) is 6.04. The first-order valence-electron chi connectivity index (χ1n) is 6.34. The molecule has 0 bridgehead atoms. The summed E-state index contributed by atoms with van der Waals surface area (Å²) in [5.41, 5.74) is 1.08. The monoisotopic (exact) mass is 273 g/mol. The molecule has 1 N–H and O–H groups in total. The van der Waals surface area contributed by atoms with E-state index in [1.807, 2.05) is 18.2 Å². The maximum atomic E-state index is 6.18. The average Bonchev–Trinajstić information content (AvgIpc) is 2.32. The van der Waals surface area contributed by atoms with Crippen LogP contribution in [0.15, 0.2) is 18.2 Å². The summed E-state index contributed by atoms with van der Waals surface area (Å²) in [7, 11) is 0. The van der Waals surface area contributed by atoms with Gasteiger partial charge in [0.25, 0.3) is 0 Å². The molecule has 1 unspecified atom stereocenters. The van der Waals surface area contributed by atoms with Crippen LogP contribution in [-0.2, 0) is 0 Å². The van der Waals surface area contributed by atoms with Gasteiger partial charge in [-0.2, -0.15) is 0 Å². The van der Waals surface area contributed by atoms with Crippen molar-refractivity contribution in [2.75, 3.05) is 6.54 Å². The molecule has 0 aliphatic rings. The summed E-state index contributed by atoms with van der Waals surface area (Å²) in [4.78, 5) is 0. The van der Waals surface area contributed by atoms with Crippen molar-refractivity contribution < 1.29 is 0 Å². The third-order valence-corrected chi connectivity index (χ3v) is 3.76. The number of benzene rings is 1. The Morgan fingerprint density at radius 1 is 1.18 bits per heavy atom. The molecule has 1 atom stereocenters. The summed E-state index contributed by atoms with van der Waals surface area (Å²) < 4.78 is 0. The van der Waals surface area contributed by atoms with Crippen molar-refractivity contribution >= 4 is 23.2 Å². The Kier molecular flexibility index (Phi) is 6.94. The number of nitrogens with one attached hydrogen (secondary N) is 1. The van der Waals surface area contributed by atoms with E-state index in [4.69, 9.17) is 23.2 Å². The molecule has 0 amide bonds. The second-order valence-corrected chi connectivity index (χ2v) is 5.16. The Bertz CT molecular complexity index is 339. The molecule has 0 aliphatic heterocycles. The van der Waals surface area contributed by atoms with Gasteiger partial charge in [-0.25, -0.2) is 0 Å². The maximum Gasteiger partial charge on any atom is 0.0639 e. The van der Waals surface area contributed by atoms with Crippen molar-refractivity contribution in [2.45, 2.75) is 45.6 Å². The molecule has 0 saturated heterocycles. The van der Waals surface area contributed by atoms with E-state index in [-0.39, 0.29) is 6.04 Å². The molecule has 17 heavy (non-hydrogen) atoms. The minimum Gasteiger partial charge on any atom is -0.310 e. The van der Waals surface area contributed by atoms with E-state index in [1.165, 1.54) is 25.7 Å². The van der Waals surface area contributed by atoms with Crippen molar-refractivity contribution in [1.29, 1.82) is 0 Å². The highest BCUT2D eigenvalue weighted by Crippen LogP contribution is 2.29. The zero-order chi connectivity index (χ0) is 12.7. The van der Waals surface area contributed by atoms with Gasteiger partial charge in [0.15, 0.2) is 0 Å². The summed E-state index contributed by atoms with van der Waals surface area (Å²) in [5.74, 6) is 0. The molecule has 0 radical (unpaired) electrons. The lowest BCUT2D eigenvalue weighted by Gasteiger charge is -2.16. The van der Waals surface area contributed by atoms with E-state index in [0.717, 1.165) is 12.1 Å². The highest BCUT2D eigenvalue weighted by molar-refractivity contribution is 6.42. The third kappa shape index (κ3) is 4.87. The second-order valence-electron chi connectivity index (χ2n) is 4.38. The Morgan fingerprint density at radius 2 is 1.94 bits per heavy atom. The summed E-state index contributed by atoms with van der Waals surface area (Å²) >= 11 is 12.2. The van der Waals surface area contributed by atoms with Gasteiger partial charge in [0.1, 0.15) is 0 Å². The van der Waals surface area contributed by atoms with Crippen LogP contribution >= 0.6 is 23.2 Å². The van der Waals surface area contributed by atoms with E-state index < -0.39 is 0 Å². The summed E-state index contributed by atoms with van der Waals surface area (Å²) in [6.07, 6.45) is 5.10. The van der Waals surface area contributed by atoms with Gasteiger partial charge in [0, 0.05) is 6.04 Å². The van der Waals surface area contributed by atoms with Gasteiger partial charge < -0.3 is 5.32 Å². The van der Waals surface area contributed by atoms with Gasteiger partial charge in [-0.3, -0.25) is 0 Å². The largest absolute Gasteiger partial charge is 0.310 e. The molecule has 1 aromatic rings. The minimum atomic E-state index is 0.253. The van der Waals surface area contributed by atoms with E-state index in [0.29, 0.717) is 10.0 Å². The molecule has 0 saturated carbocycles. The van der Waals surface area contributed by atoms with Crippen LogP contribution in [0.1, 0.15) is 51.1 Å². The standard InChI is InChI=1S/C14H21Cl2N/c1-3-4-5-6-10-17-11(2)12-8-7-9-13(15)14(12)16/h7-9,11,17H,3-6,10H2,1-2H3. The average molecular weight is 274 g/mol. The van der Waals surface area contributed by atoms with Gasteiger partial charge in [0.2, 0.25) is 0 Å². The van der Waals surface area contributed by atoms with Crippen LogP contribution in [0.25, 0.3) is 0 Å². The summed E-state index contributed by atoms with van der Waals surface area (Å²) in [6.45, 7) is 5.38. The zero-order valence-electron chi connectivity index (χ0n) is 10.6. The van der Waals surface area contributed by atoms with Crippen LogP contribution in [-0.4, -0.2) is 6.54 Å². The summed E-state index contributed by atoms with van der Waals surface area (Å²) in [5, 5.41) is 4.78. The Hall–Kier alpha value is -0.240. The lowest BCUT2D eigenvalue weighted by molar-refractivity contribution is 0.537. The topological polar surface area (TPSA) is 12.0 Å². The lowest BCUT2D eigenvalue weighted by Crippen LogP contribution is -2.20. The Balaban J connectivity index is 2.41. The highest BCUT2D eigenvalue weighted by Gasteiger charge is 2.10. The molecule has 1 aromatic carbocycles. The fourth-order valence-corrected chi connectivity index (χ4v) is 2.31. The van der Waals surface area contributed by atoms with E-state index in [9.17, 15) is 0 Å². The molecule has 1 rings (SSSR count). The molecule has 0 aromatic heterocycles. The van der Waals surface area contributed by atoms with Crippen LogP contribution in [0.4, 0.5) is 0 Å². The smallest absolute Gasteiger partial charge is 0.0639 e. The normalized spacial score (nSPS) is 12.7. The van der Waals surface area contributed by atoms with Gasteiger partial charge in [-0.15, -0.1) is 0 Å². The number of hydrogen-bond acceptors (Lipinski definition) is 1. The fourth-order valence-electron chi connectivity index (χ4n) is 1.84. The third-order valence-electron chi connectivity index (χ3n) is 2.93. The molecular weight excluding hydrogens is 253 g/mol. The SMILES string of the molecule is CCCCCCNC(C)c1cccc(Cl)c1Cl. The van der Waals surface area contributed by atoms with Crippen molar-refractivity contribution in [3.63, 3.8) is 0 Å². The van der Waals surface area contributed by atoms with E-state index >= 15 is 0 Å². The van der Waals surface area contributed by atoms with Gasteiger partial charge in [-0.05, 0) is 31.5 Å². The minimum absolute atomic E-state index is 0.253. The molecule has 3 heteroatoms. The predicted molar refractivity (Wildman–Crippen MR) is 77.0 cm³/mol. The second kappa shape index (κ2) is 7.97. The van der Waals surface area contributed by atoms with Crippen molar-refractivity contribution in [2.24, 2.45) is 0 Å². The fraction of sp³-hybridized carbons (Fsp3) is 0.571. The van der Waals surface area contributed by atoms with Crippen LogP contribution < -0.4 is 5.32 Å². The number of rotatable bonds is 7. The van der Waals surface area contributed by atoms with E-state index in [2.05, 4.69) is 19.2 Å². The molecule has 0 heterocycles. The van der Waals surface area contributed by atoms with Gasteiger partial charge in [0.05, 0.1) is 10.0 Å². The molecule has 0 fully saturated rings. The molecule has 0 aliphatic carbocycles. The Labute approximate surface area is 115 Å².